The number of halogens is 1. The van der Waals surface area contributed by atoms with Crippen molar-refractivity contribution in [3.8, 4) is 0 Å². The molecule has 1 saturated carbocycles. The van der Waals surface area contributed by atoms with Gasteiger partial charge in [0.1, 0.15) is 0 Å². The maximum Gasteiger partial charge on any atom is 0.261 e. The van der Waals surface area contributed by atoms with E-state index in [-0.39, 0.29) is 5.91 Å². The van der Waals surface area contributed by atoms with Crippen molar-refractivity contribution in [2.75, 3.05) is 6.54 Å². The van der Waals surface area contributed by atoms with Crippen molar-refractivity contribution in [2.45, 2.75) is 19.8 Å². The first-order chi connectivity index (χ1) is 6.66. The number of rotatable bonds is 3. The van der Waals surface area contributed by atoms with Crippen LogP contribution in [0.2, 0.25) is 0 Å². The average Bonchev–Trinajstić information content (AvgIpc) is 2.91. The second kappa shape index (κ2) is 4.03. The van der Waals surface area contributed by atoms with Gasteiger partial charge in [-0.1, -0.05) is 0 Å². The molecule has 2 rings (SSSR count). The molecule has 1 aliphatic carbocycles. The lowest BCUT2D eigenvalue weighted by molar-refractivity contribution is 0.0956. The second-order valence-electron chi connectivity index (χ2n) is 3.72. The summed E-state index contributed by atoms with van der Waals surface area (Å²) in [4.78, 5) is 12.4. The maximum absolute atomic E-state index is 11.6. The van der Waals surface area contributed by atoms with Crippen molar-refractivity contribution in [2.24, 2.45) is 5.92 Å². The molecule has 14 heavy (non-hydrogen) atoms. The minimum atomic E-state index is 0.0655. The van der Waals surface area contributed by atoms with Gasteiger partial charge in [-0.3, -0.25) is 4.79 Å². The molecule has 1 aromatic heterocycles. The fourth-order valence-corrected chi connectivity index (χ4v) is 2.67. The molecule has 0 aromatic carbocycles. The van der Waals surface area contributed by atoms with Crippen LogP contribution in [-0.2, 0) is 0 Å². The SMILES string of the molecule is Cc1cc(C(=O)NCC2CC2)sc1Br. The zero-order valence-corrected chi connectivity index (χ0v) is 10.4. The van der Waals surface area contributed by atoms with Crippen molar-refractivity contribution in [1.29, 1.82) is 0 Å². The van der Waals surface area contributed by atoms with Gasteiger partial charge in [0, 0.05) is 6.54 Å². The summed E-state index contributed by atoms with van der Waals surface area (Å²) in [5.74, 6) is 0.805. The van der Waals surface area contributed by atoms with Gasteiger partial charge in [-0.15, -0.1) is 11.3 Å². The van der Waals surface area contributed by atoms with Gasteiger partial charge in [-0.05, 0) is 53.2 Å². The first kappa shape index (κ1) is 10.2. The van der Waals surface area contributed by atoms with Gasteiger partial charge in [0.2, 0.25) is 0 Å². The number of aryl methyl sites for hydroxylation is 1. The van der Waals surface area contributed by atoms with Crippen molar-refractivity contribution in [3.63, 3.8) is 0 Å². The van der Waals surface area contributed by atoms with Crippen LogP contribution >= 0.6 is 27.3 Å². The van der Waals surface area contributed by atoms with Gasteiger partial charge in [0.05, 0.1) is 8.66 Å². The molecule has 1 N–H and O–H groups in total. The van der Waals surface area contributed by atoms with E-state index in [1.54, 1.807) is 0 Å². The Bertz CT molecular complexity index is 338. The first-order valence-corrected chi connectivity index (χ1v) is 6.32. The summed E-state index contributed by atoms with van der Waals surface area (Å²) in [6, 6.07) is 1.93. The van der Waals surface area contributed by atoms with Crippen LogP contribution in [-0.4, -0.2) is 12.5 Å². The quantitative estimate of drug-likeness (QED) is 0.902. The third-order valence-electron chi connectivity index (χ3n) is 2.33. The van der Waals surface area contributed by atoms with Crippen LogP contribution < -0.4 is 5.32 Å². The van der Waals surface area contributed by atoms with Gasteiger partial charge in [-0.25, -0.2) is 0 Å². The van der Waals surface area contributed by atoms with E-state index in [1.165, 1.54) is 24.2 Å². The Morgan fingerprint density at radius 1 is 1.71 bits per heavy atom. The molecule has 1 fully saturated rings. The van der Waals surface area contributed by atoms with E-state index in [2.05, 4.69) is 21.2 Å². The molecule has 2 nitrogen and oxygen atoms in total. The van der Waals surface area contributed by atoms with Crippen LogP contribution in [0.15, 0.2) is 9.85 Å². The largest absolute Gasteiger partial charge is 0.351 e. The number of amides is 1. The fourth-order valence-electron chi connectivity index (χ4n) is 1.22. The fraction of sp³-hybridized carbons (Fsp3) is 0.500. The summed E-state index contributed by atoms with van der Waals surface area (Å²) in [6.45, 7) is 2.84. The van der Waals surface area contributed by atoms with Gasteiger partial charge in [0.15, 0.2) is 0 Å². The number of hydrogen-bond donors (Lipinski definition) is 1. The van der Waals surface area contributed by atoms with Crippen molar-refractivity contribution in [3.05, 3.63) is 20.3 Å². The van der Waals surface area contributed by atoms with Gasteiger partial charge < -0.3 is 5.32 Å². The predicted octanol–water partition coefficient (Wildman–Crippen LogP) is 2.96. The van der Waals surface area contributed by atoms with Crippen molar-refractivity contribution < 1.29 is 4.79 Å². The average molecular weight is 274 g/mol. The summed E-state index contributed by atoms with van der Waals surface area (Å²) in [5, 5.41) is 2.95. The predicted molar refractivity (Wildman–Crippen MR) is 61.8 cm³/mol. The summed E-state index contributed by atoms with van der Waals surface area (Å²) in [7, 11) is 0. The molecular weight excluding hydrogens is 262 g/mol. The van der Waals surface area contributed by atoms with Gasteiger partial charge in [-0.2, -0.15) is 0 Å². The molecule has 0 atom stereocenters. The molecule has 76 valence electrons. The summed E-state index contributed by atoms with van der Waals surface area (Å²) >= 11 is 4.91. The maximum atomic E-state index is 11.6. The minimum absolute atomic E-state index is 0.0655. The lowest BCUT2D eigenvalue weighted by Crippen LogP contribution is -2.24. The van der Waals surface area contributed by atoms with E-state index in [0.29, 0.717) is 0 Å². The zero-order chi connectivity index (χ0) is 10.1. The van der Waals surface area contributed by atoms with E-state index in [1.807, 2.05) is 13.0 Å². The molecule has 0 bridgehead atoms. The molecular formula is C10H12BrNOS. The topological polar surface area (TPSA) is 29.1 Å². The number of hydrogen-bond acceptors (Lipinski definition) is 2. The Balaban J connectivity index is 1.95. The zero-order valence-electron chi connectivity index (χ0n) is 7.97. The number of carbonyl (C=O) groups is 1. The van der Waals surface area contributed by atoms with Crippen LogP contribution in [0.5, 0.6) is 0 Å². The lowest BCUT2D eigenvalue weighted by Gasteiger charge is -2.00. The van der Waals surface area contributed by atoms with Crippen LogP contribution in [0.1, 0.15) is 28.1 Å². The Labute approximate surface area is 95.8 Å². The summed E-state index contributed by atoms with van der Waals surface area (Å²) in [5.41, 5.74) is 1.13. The number of thiophene rings is 1. The number of carbonyl (C=O) groups excluding carboxylic acids is 1. The third-order valence-corrected chi connectivity index (χ3v) is 4.46. The highest BCUT2D eigenvalue weighted by Gasteiger charge is 2.22. The Kier molecular flexibility index (Phi) is 2.93. The highest BCUT2D eigenvalue weighted by Crippen LogP contribution is 2.29. The Morgan fingerprint density at radius 2 is 2.43 bits per heavy atom. The van der Waals surface area contributed by atoms with Crippen LogP contribution in [0.4, 0.5) is 0 Å². The van der Waals surface area contributed by atoms with Gasteiger partial charge in [0.25, 0.3) is 5.91 Å². The van der Waals surface area contributed by atoms with Crippen LogP contribution in [0.25, 0.3) is 0 Å². The third kappa shape index (κ3) is 2.36. The minimum Gasteiger partial charge on any atom is -0.351 e. The second-order valence-corrected chi connectivity index (χ2v) is 6.09. The van der Waals surface area contributed by atoms with E-state index < -0.39 is 0 Å². The molecule has 0 spiro atoms. The molecule has 1 aromatic rings. The van der Waals surface area contributed by atoms with Crippen LogP contribution in [0.3, 0.4) is 0 Å². The van der Waals surface area contributed by atoms with Crippen molar-refractivity contribution in [1.82, 2.24) is 5.32 Å². The van der Waals surface area contributed by atoms with Gasteiger partial charge >= 0.3 is 0 Å². The van der Waals surface area contributed by atoms with E-state index in [0.717, 1.165) is 26.7 Å². The van der Waals surface area contributed by atoms with Crippen LogP contribution in [0, 0.1) is 12.8 Å². The number of nitrogens with one attached hydrogen (secondary N) is 1. The highest BCUT2D eigenvalue weighted by atomic mass is 79.9. The Hall–Kier alpha value is -0.350. The highest BCUT2D eigenvalue weighted by molar-refractivity contribution is 9.11. The summed E-state index contributed by atoms with van der Waals surface area (Å²) in [6.07, 6.45) is 2.54. The molecule has 4 heteroatoms. The molecule has 0 aliphatic heterocycles. The first-order valence-electron chi connectivity index (χ1n) is 4.71. The monoisotopic (exact) mass is 273 g/mol. The molecule has 1 heterocycles. The Morgan fingerprint density at radius 3 is 2.93 bits per heavy atom. The van der Waals surface area contributed by atoms with E-state index in [4.69, 9.17) is 0 Å². The van der Waals surface area contributed by atoms with Crippen molar-refractivity contribution >= 4 is 33.2 Å². The molecule has 0 unspecified atom stereocenters. The lowest BCUT2D eigenvalue weighted by atomic mass is 10.3. The van der Waals surface area contributed by atoms with E-state index in [9.17, 15) is 4.79 Å². The normalized spacial score (nSPS) is 15.6. The molecule has 1 aliphatic rings. The smallest absolute Gasteiger partial charge is 0.261 e. The molecule has 0 saturated heterocycles. The summed E-state index contributed by atoms with van der Waals surface area (Å²) < 4.78 is 1.05. The van der Waals surface area contributed by atoms with E-state index >= 15 is 0 Å². The molecule has 1 amide bonds. The standard InChI is InChI=1S/C10H12BrNOS/c1-6-4-8(14-9(6)11)10(13)12-5-7-2-3-7/h4,7H,2-3,5H2,1H3,(H,12,13). The molecule has 0 radical (unpaired) electrons.